The van der Waals surface area contributed by atoms with Gasteiger partial charge in [-0.15, -0.1) is 0 Å². The van der Waals surface area contributed by atoms with E-state index in [4.69, 9.17) is 11.6 Å². The van der Waals surface area contributed by atoms with Crippen LogP contribution >= 0.6 is 23.4 Å². The summed E-state index contributed by atoms with van der Waals surface area (Å²) in [5.74, 6) is -0.249. The quantitative estimate of drug-likeness (QED) is 0.291. The third-order valence-electron chi connectivity index (χ3n) is 3.23. The number of benzene rings is 1. The molecule has 0 atom stereocenters. The van der Waals surface area contributed by atoms with Gasteiger partial charge in [0.05, 0.1) is 15.7 Å². The molecule has 3 rings (SSSR count). The molecule has 0 bridgehead atoms. The molecule has 0 aliphatic carbocycles. The minimum absolute atomic E-state index is 0.00101. The zero-order valence-corrected chi connectivity index (χ0v) is 14.0. The number of fused-ring (bicyclic) bond motifs is 1. The van der Waals surface area contributed by atoms with Gasteiger partial charge in [-0.1, -0.05) is 23.4 Å². The number of halogens is 1. The fraction of sp³-hybridized carbons (Fsp3) is 0.0667. The average Bonchev–Trinajstić information content (AvgIpc) is 2.60. The van der Waals surface area contributed by atoms with E-state index in [0.717, 1.165) is 11.8 Å². The number of nitrogens with zero attached hydrogens (tertiary/aromatic N) is 4. The number of hydrogen-bond acceptors (Lipinski definition) is 7. The summed E-state index contributed by atoms with van der Waals surface area (Å²) in [4.78, 5) is 42.2. The van der Waals surface area contributed by atoms with Crippen LogP contribution in [0.5, 0.6) is 0 Å². The molecule has 0 fully saturated rings. The third-order valence-corrected chi connectivity index (χ3v) is 4.30. The number of rotatable bonds is 5. The lowest BCUT2D eigenvalue weighted by Gasteiger charge is -2.03. The second-order valence-corrected chi connectivity index (χ2v) is 6.26. The van der Waals surface area contributed by atoms with Gasteiger partial charge in [0.15, 0.2) is 10.9 Å². The van der Waals surface area contributed by atoms with Gasteiger partial charge >= 0.3 is 5.69 Å². The van der Waals surface area contributed by atoms with E-state index < -0.39 is 10.6 Å². The van der Waals surface area contributed by atoms with Crippen LogP contribution in [0.1, 0.15) is 10.4 Å². The Bertz CT molecular complexity index is 1040. The molecule has 0 aliphatic rings. The van der Waals surface area contributed by atoms with Gasteiger partial charge in [-0.05, 0) is 24.3 Å². The van der Waals surface area contributed by atoms with Gasteiger partial charge in [0.25, 0.3) is 5.69 Å². The number of carbonyl (C=O) groups is 1. The van der Waals surface area contributed by atoms with Crippen LogP contribution < -0.4 is 5.69 Å². The number of aromatic nitrogens is 3. The molecule has 0 saturated heterocycles. The zero-order chi connectivity index (χ0) is 18.0. The van der Waals surface area contributed by atoms with Crippen molar-refractivity contribution < 1.29 is 9.72 Å². The number of nitro groups is 1. The van der Waals surface area contributed by atoms with Crippen molar-refractivity contribution in [2.24, 2.45) is 0 Å². The first-order valence-electron chi connectivity index (χ1n) is 6.90. The van der Waals surface area contributed by atoms with Crippen molar-refractivity contribution in [3.63, 3.8) is 0 Å². The second kappa shape index (κ2) is 6.99. The molecule has 0 aliphatic heterocycles. The number of hydrogen-bond donors (Lipinski definition) is 0. The van der Waals surface area contributed by atoms with Crippen LogP contribution in [-0.4, -0.2) is 30.8 Å². The number of pyridine rings is 1. The molecule has 0 amide bonds. The lowest BCUT2D eigenvalue weighted by molar-refractivity contribution is -0.384. The highest BCUT2D eigenvalue weighted by molar-refractivity contribution is 7.99. The van der Waals surface area contributed by atoms with E-state index >= 15 is 0 Å². The van der Waals surface area contributed by atoms with E-state index in [-0.39, 0.29) is 22.4 Å². The molecule has 0 N–H and O–H groups in total. The van der Waals surface area contributed by atoms with E-state index in [2.05, 4.69) is 9.97 Å². The standard InChI is InChI=1S/C15H9ClN4O4S/c16-10-3-6-13-17-14(18-15(22)19(13)7-10)25-8-12(21)9-1-4-11(5-2-9)20(23)24/h1-7H,8H2. The second-order valence-electron chi connectivity index (χ2n) is 4.88. The topological polar surface area (TPSA) is 107 Å². The van der Waals surface area contributed by atoms with Crippen molar-refractivity contribution in [3.05, 3.63) is 73.8 Å². The van der Waals surface area contributed by atoms with E-state index in [1.165, 1.54) is 34.9 Å². The number of non-ortho nitro benzene ring substituents is 1. The maximum absolute atomic E-state index is 12.1. The lowest BCUT2D eigenvalue weighted by atomic mass is 10.1. The average molecular weight is 377 g/mol. The van der Waals surface area contributed by atoms with E-state index in [9.17, 15) is 19.7 Å². The van der Waals surface area contributed by atoms with Gasteiger partial charge < -0.3 is 0 Å². The summed E-state index contributed by atoms with van der Waals surface area (Å²) in [5.41, 5.74) is 0.0728. The van der Waals surface area contributed by atoms with Crippen molar-refractivity contribution in [2.75, 3.05) is 5.75 Å². The Morgan fingerprint density at radius 2 is 1.92 bits per heavy atom. The summed E-state index contributed by atoms with van der Waals surface area (Å²) >= 11 is 6.84. The first kappa shape index (κ1) is 17.1. The van der Waals surface area contributed by atoms with Crippen LogP contribution in [0.3, 0.4) is 0 Å². The van der Waals surface area contributed by atoms with Crippen LogP contribution in [0, 0.1) is 10.1 Å². The molecule has 2 aromatic heterocycles. The minimum Gasteiger partial charge on any atom is -0.293 e. The summed E-state index contributed by atoms with van der Waals surface area (Å²) in [6.45, 7) is 0. The molecular formula is C15H9ClN4O4S. The van der Waals surface area contributed by atoms with Gasteiger partial charge in [-0.3, -0.25) is 14.9 Å². The molecule has 126 valence electrons. The van der Waals surface area contributed by atoms with Crippen molar-refractivity contribution in [1.82, 2.24) is 14.4 Å². The fourth-order valence-corrected chi connectivity index (χ4v) is 2.91. The van der Waals surface area contributed by atoms with Crippen LogP contribution in [0.2, 0.25) is 5.02 Å². The monoisotopic (exact) mass is 376 g/mol. The number of carbonyl (C=O) groups excluding carboxylic acids is 1. The van der Waals surface area contributed by atoms with Crippen molar-refractivity contribution in [2.45, 2.75) is 5.16 Å². The highest BCUT2D eigenvalue weighted by atomic mass is 35.5. The number of ketones is 1. The molecule has 8 nitrogen and oxygen atoms in total. The summed E-state index contributed by atoms with van der Waals surface area (Å²) in [6, 6.07) is 8.48. The number of Topliss-reactive ketones (excluding diaryl/α,β-unsaturated/α-hetero) is 1. The summed E-state index contributed by atoms with van der Waals surface area (Å²) < 4.78 is 1.21. The summed E-state index contributed by atoms with van der Waals surface area (Å²) in [7, 11) is 0. The van der Waals surface area contributed by atoms with Gasteiger partial charge in [0.1, 0.15) is 5.65 Å². The Balaban J connectivity index is 1.75. The third kappa shape index (κ3) is 3.83. The van der Waals surface area contributed by atoms with Gasteiger partial charge in [0.2, 0.25) is 0 Å². The van der Waals surface area contributed by atoms with Crippen molar-refractivity contribution in [1.29, 1.82) is 0 Å². The van der Waals surface area contributed by atoms with Crippen molar-refractivity contribution in [3.8, 4) is 0 Å². The van der Waals surface area contributed by atoms with Crippen molar-refractivity contribution >= 4 is 40.5 Å². The molecule has 25 heavy (non-hydrogen) atoms. The van der Waals surface area contributed by atoms with Crippen LogP contribution in [0.4, 0.5) is 5.69 Å². The Hall–Kier alpha value is -2.78. The maximum Gasteiger partial charge on any atom is 0.355 e. The van der Waals surface area contributed by atoms with Gasteiger partial charge in [0, 0.05) is 23.9 Å². The SMILES string of the molecule is O=C(CSc1nc(=O)n2cc(Cl)ccc2n1)c1ccc([N+](=O)[O-])cc1. The van der Waals surface area contributed by atoms with E-state index in [1.54, 1.807) is 12.1 Å². The molecule has 0 spiro atoms. The largest absolute Gasteiger partial charge is 0.355 e. The molecule has 2 heterocycles. The highest BCUT2D eigenvalue weighted by Gasteiger charge is 2.12. The molecular weight excluding hydrogens is 368 g/mol. The molecule has 0 saturated carbocycles. The smallest absolute Gasteiger partial charge is 0.293 e. The predicted molar refractivity (Wildman–Crippen MR) is 92.4 cm³/mol. The Labute approximate surface area is 149 Å². The highest BCUT2D eigenvalue weighted by Crippen LogP contribution is 2.17. The molecule has 1 aromatic carbocycles. The predicted octanol–water partition coefficient (Wildman–Crippen LogP) is 2.63. The molecule has 0 radical (unpaired) electrons. The number of nitro benzene ring substituents is 1. The summed E-state index contributed by atoms with van der Waals surface area (Å²) in [6.07, 6.45) is 1.41. The van der Waals surface area contributed by atoms with Crippen LogP contribution in [0.15, 0.2) is 52.5 Å². The van der Waals surface area contributed by atoms with E-state index in [0.29, 0.717) is 16.2 Å². The summed E-state index contributed by atoms with van der Waals surface area (Å²) in [5, 5.41) is 11.2. The number of thioether (sulfide) groups is 1. The molecule has 3 aromatic rings. The van der Waals surface area contributed by atoms with E-state index in [1.807, 2.05) is 0 Å². The Kier molecular flexibility index (Phi) is 4.77. The van der Waals surface area contributed by atoms with Crippen LogP contribution in [-0.2, 0) is 0 Å². The zero-order valence-electron chi connectivity index (χ0n) is 12.5. The molecule has 0 unspecified atom stereocenters. The minimum atomic E-state index is -0.544. The van der Waals surface area contributed by atoms with Gasteiger partial charge in [-0.2, -0.15) is 4.98 Å². The van der Waals surface area contributed by atoms with Gasteiger partial charge in [-0.25, -0.2) is 14.2 Å². The first-order chi connectivity index (χ1) is 11.9. The lowest BCUT2D eigenvalue weighted by Crippen LogP contribution is -2.19. The maximum atomic E-state index is 12.1. The Morgan fingerprint density at radius 1 is 1.20 bits per heavy atom. The first-order valence-corrected chi connectivity index (χ1v) is 8.27. The van der Waals surface area contributed by atoms with Crippen LogP contribution in [0.25, 0.3) is 5.65 Å². The fourth-order valence-electron chi connectivity index (χ4n) is 2.02. The normalized spacial score (nSPS) is 10.8. The Morgan fingerprint density at radius 3 is 2.60 bits per heavy atom. The molecule has 10 heteroatoms.